The van der Waals surface area contributed by atoms with E-state index in [0.29, 0.717) is 12.3 Å². The Morgan fingerprint density at radius 3 is 2.58 bits per heavy atom. The minimum atomic E-state index is -0.516. The minimum absolute atomic E-state index is 0.0279. The van der Waals surface area contributed by atoms with E-state index in [1.54, 1.807) is 40.0 Å². The highest BCUT2D eigenvalue weighted by atomic mass is 16.6. The summed E-state index contributed by atoms with van der Waals surface area (Å²) in [5, 5.41) is 4.12. The molecule has 106 valence electrons. The molecule has 0 unspecified atom stereocenters. The van der Waals surface area contributed by atoms with Crippen LogP contribution in [-0.4, -0.2) is 33.9 Å². The van der Waals surface area contributed by atoms with Gasteiger partial charge >= 0.3 is 11.9 Å². The normalized spacial score (nSPS) is 11.2. The predicted octanol–water partition coefficient (Wildman–Crippen LogP) is 1.33. The van der Waals surface area contributed by atoms with E-state index >= 15 is 0 Å². The maximum Gasteiger partial charge on any atom is 0.328 e. The SMILES string of the molecule is CCOC(=O)Cc1ccn(CC(=O)OC(C)(C)C)n1. The molecule has 6 heteroatoms. The molecule has 1 aromatic rings. The maximum atomic E-state index is 11.6. The summed E-state index contributed by atoms with van der Waals surface area (Å²) in [4.78, 5) is 22.9. The summed E-state index contributed by atoms with van der Waals surface area (Å²) >= 11 is 0. The maximum absolute atomic E-state index is 11.6. The Balaban J connectivity index is 2.51. The highest BCUT2D eigenvalue weighted by molar-refractivity contribution is 5.72. The van der Waals surface area contributed by atoms with Crippen LogP contribution in [0.15, 0.2) is 12.3 Å². The van der Waals surface area contributed by atoms with Gasteiger partial charge in [-0.1, -0.05) is 0 Å². The van der Waals surface area contributed by atoms with Crippen LogP contribution in [0.1, 0.15) is 33.4 Å². The average Bonchev–Trinajstić information content (AvgIpc) is 2.62. The molecule has 0 aliphatic rings. The Kier molecular flexibility index (Phi) is 5.09. The molecule has 0 bridgehead atoms. The van der Waals surface area contributed by atoms with E-state index in [1.165, 1.54) is 4.68 Å². The molecule has 1 heterocycles. The van der Waals surface area contributed by atoms with Gasteiger partial charge in [-0.15, -0.1) is 0 Å². The van der Waals surface area contributed by atoms with E-state index in [0.717, 1.165) is 0 Å². The Morgan fingerprint density at radius 1 is 1.32 bits per heavy atom. The monoisotopic (exact) mass is 268 g/mol. The Hall–Kier alpha value is -1.85. The van der Waals surface area contributed by atoms with Gasteiger partial charge in [-0.25, -0.2) is 0 Å². The van der Waals surface area contributed by atoms with Gasteiger partial charge in [-0.05, 0) is 33.8 Å². The fraction of sp³-hybridized carbons (Fsp3) is 0.615. The second-order valence-corrected chi connectivity index (χ2v) is 5.07. The van der Waals surface area contributed by atoms with Gasteiger partial charge in [-0.2, -0.15) is 5.10 Å². The van der Waals surface area contributed by atoms with Crippen molar-refractivity contribution < 1.29 is 19.1 Å². The molecule has 1 rings (SSSR count). The van der Waals surface area contributed by atoms with Gasteiger partial charge < -0.3 is 9.47 Å². The molecule has 6 nitrogen and oxygen atoms in total. The zero-order chi connectivity index (χ0) is 14.5. The third-order valence-electron chi connectivity index (χ3n) is 2.04. The number of esters is 2. The summed E-state index contributed by atoms with van der Waals surface area (Å²) in [5.41, 5.74) is 0.0554. The third kappa shape index (κ3) is 6.03. The lowest BCUT2D eigenvalue weighted by atomic mass is 10.2. The summed E-state index contributed by atoms with van der Waals surface area (Å²) in [6.07, 6.45) is 1.74. The summed E-state index contributed by atoms with van der Waals surface area (Å²) in [5.74, 6) is -0.691. The first-order valence-corrected chi connectivity index (χ1v) is 6.20. The fourth-order valence-corrected chi connectivity index (χ4v) is 1.45. The van der Waals surface area contributed by atoms with Crippen LogP contribution < -0.4 is 0 Å². The lowest BCUT2D eigenvalue weighted by molar-refractivity contribution is -0.155. The van der Waals surface area contributed by atoms with Crippen LogP contribution in [0.25, 0.3) is 0 Å². The molecule has 1 aromatic heterocycles. The van der Waals surface area contributed by atoms with E-state index in [2.05, 4.69) is 5.10 Å². The molecule has 0 radical (unpaired) electrons. The fourth-order valence-electron chi connectivity index (χ4n) is 1.45. The molecular formula is C13H20N2O4. The molecule has 0 aliphatic carbocycles. The smallest absolute Gasteiger partial charge is 0.328 e. The molecule has 0 saturated heterocycles. The first kappa shape index (κ1) is 15.2. The van der Waals surface area contributed by atoms with Crippen molar-refractivity contribution in [2.24, 2.45) is 0 Å². The van der Waals surface area contributed by atoms with Crippen LogP contribution >= 0.6 is 0 Å². The van der Waals surface area contributed by atoms with Crippen LogP contribution in [-0.2, 0) is 32.0 Å². The zero-order valence-electron chi connectivity index (χ0n) is 11.8. The van der Waals surface area contributed by atoms with Crippen LogP contribution in [0.4, 0.5) is 0 Å². The highest BCUT2D eigenvalue weighted by Crippen LogP contribution is 2.08. The van der Waals surface area contributed by atoms with Crippen LogP contribution in [0.3, 0.4) is 0 Å². The number of nitrogens with zero attached hydrogens (tertiary/aromatic N) is 2. The number of aromatic nitrogens is 2. The number of rotatable bonds is 5. The number of hydrogen-bond acceptors (Lipinski definition) is 5. The summed E-state index contributed by atoms with van der Waals surface area (Å²) in [6.45, 7) is 7.54. The predicted molar refractivity (Wildman–Crippen MR) is 68.4 cm³/mol. The standard InChI is InChI=1S/C13H20N2O4/c1-5-18-11(16)8-10-6-7-15(14-10)9-12(17)19-13(2,3)4/h6-7H,5,8-9H2,1-4H3. The van der Waals surface area contributed by atoms with Gasteiger partial charge in [0.15, 0.2) is 0 Å². The van der Waals surface area contributed by atoms with Gasteiger partial charge in [0.05, 0.1) is 18.7 Å². The largest absolute Gasteiger partial charge is 0.466 e. The third-order valence-corrected chi connectivity index (χ3v) is 2.04. The molecule has 0 N–H and O–H groups in total. The molecule has 0 aromatic carbocycles. The van der Waals surface area contributed by atoms with E-state index in [4.69, 9.17) is 9.47 Å². The molecule has 19 heavy (non-hydrogen) atoms. The van der Waals surface area contributed by atoms with Gasteiger partial charge in [-0.3, -0.25) is 14.3 Å². The van der Waals surface area contributed by atoms with Crippen molar-refractivity contribution in [2.45, 2.75) is 46.3 Å². The van der Waals surface area contributed by atoms with E-state index in [9.17, 15) is 9.59 Å². The Bertz CT molecular complexity index is 446. The van der Waals surface area contributed by atoms with Gasteiger partial charge in [0.2, 0.25) is 0 Å². The van der Waals surface area contributed by atoms with Crippen LogP contribution in [0.5, 0.6) is 0 Å². The van der Waals surface area contributed by atoms with Crippen molar-refractivity contribution >= 4 is 11.9 Å². The van der Waals surface area contributed by atoms with Crippen molar-refractivity contribution in [2.75, 3.05) is 6.61 Å². The van der Waals surface area contributed by atoms with Crippen molar-refractivity contribution in [1.82, 2.24) is 9.78 Å². The van der Waals surface area contributed by atoms with Crippen molar-refractivity contribution in [3.05, 3.63) is 18.0 Å². The lowest BCUT2D eigenvalue weighted by Gasteiger charge is -2.19. The van der Waals surface area contributed by atoms with E-state index < -0.39 is 5.60 Å². The topological polar surface area (TPSA) is 70.4 Å². The first-order chi connectivity index (χ1) is 8.80. The van der Waals surface area contributed by atoms with Crippen LogP contribution in [0, 0.1) is 0 Å². The number of carbonyl (C=O) groups is 2. The summed E-state index contributed by atoms with van der Waals surface area (Å²) < 4.78 is 11.4. The molecule has 0 aliphatic heterocycles. The van der Waals surface area contributed by atoms with Crippen molar-refractivity contribution in [3.63, 3.8) is 0 Å². The molecule has 0 atom stereocenters. The lowest BCUT2D eigenvalue weighted by Crippen LogP contribution is -2.26. The Labute approximate surface area is 112 Å². The molecular weight excluding hydrogens is 248 g/mol. The summed E-state index contributed by atoms with van der Waals surface area (Å²) in [7, 11) is 0. The molecule has 0 spiro atoms. The molecule has 0 amide bonds. The summed E-state index contributed by atoms with van der Waals surface area (Å²) in [6, 6.07) is 1.68. The number of ether oxygens (including phenoxy) is 2. The molecule has 0 saturated carbocycles. The number of carbonyl (C=O) groups excluding carboxylic acids is 2. The highest BCUT2D eigenvalue weighted by Gasteiger charge is 2.17. The van der Waals surface area contributed by atoms with E-state index in [-0.39, 0.29) is 24.9 Å². The second kappa shape index (κ2) is 6.36. The van der Waals surface area contributed by atoms with E-state index in [1.807, 2.05) is 0 Å². The quantitative estimate of drug-likeness (QED) is 0.753. The van der Waals surface area contributed by atoms with Gasteiger partial charge in [0.25, 0.3) is 0 Å². The Morgan fingerprint density at radius 2 is 2.00 bits per heavy atom. The van der Waals surface area contributed by atoms with Crippen molar-refractivity contribution in [3.8, 4) is 0 Å². The number of hydrogen-bond donors (Lipinski definition) is 0. The van der Waals surface area contributed by atoms with Crippen LogP contribution in [0.2, 0.25) is 0 Å². The average molecular weight is 268 g/mol. The minimum Gasteiger partial charge on any atom is -0.466 e. The second-order valence-electron chi connectivity index (χ2n) is 5.07. The molecule has 0 fully saturated rings. The zero-order valence-corrected chi connectivity index (χ0v) is 11.8. The van der Waals surface area contributed by atoms with Gasteiger partial charge in [0, 0.05) is 6.20 Å². The van der Waals surface area contributed by atoms with Crippen molar-refractivity contribution in [1.29, 1.82) is 0 Å². The first-order valence-electron chi connectivity index (χ1n) is 6.20. The van der Waals surface area contributed by atoms with Gasteiger partial charge in [0.1, 0.15) is 12.1 Å².